The lowest BCUT2D eigenvalue weighted by molar-refractivity contribution is -0.141. The van der Waals surface area contributed by atoms with Gasteiger partial charge in [0.2, 0.25) is 0 Å². The molecule has 1 saturated heterocycles. The van der Waals surface area contributed by atoms with Crippen molar-refractivity contribution in [2.45, 2.75) is 26.1 Å². The molecule has 1 atom stereocenters. The molecule has 0 radical (unpaired) electrons. The van der Waals surface area contributed by atoms with Crippen LogP contribution in [0.3, 0.4) is 0 Å². The highest BCUT2D eigenvalue weighted by molar-refractivity contribution is 5.49. The molecule has 2 heterocycles. The van der Waals surface area contributed by atoms with Crippen LogP contribution in [0.15, 0.2) is 12.1 Å². The first-order valence-corrected chi connectivity index (χ1v) is 5.94. The van der Waals surface area contributed by atoms with Crippen molar-refractivity contribution < 1.29 is 13.2 Å². The zero-order valence-corrected chi connectivity index (χ0v) is 10.2. The van der Waals surface area contributed by atoms with E-state index in [0.29, 0.717) is 17.3 Å². The fraction of sp³-hybridized carbons (Fsp3) is 0.583. The lowest BCUT2D eigenvalue weighted by atomic mass is 10.2. The number of halogens is 3. The maximum absolute atomic E-state index is 12.7. The first-order valence-electron chi connectivity index (χ1n) is 5.94. The summed E-state index contributed by atoms with van der Waals surface area (Å²) in [6.45, 7) is 3.75. The minimum atomic E-state index is -4.41. The van der Waals surface area contributed by atoms with Crippen molar-refractivity contribution in [3.63, 3.8) is 0 Å². The Balaban J connectivity index is 2.37. The lowest BCUT2D eigenvalue weighted by Crippen LogP contribution is -2.24. The van der Waals surface area contributed by atoms with Gasteiger partial charge < -0.3 is 10.6 Å². The molecule has 1 aromatic heterocycles. The minimum absolute atomic E-state index is 0.200. The molecule has 18 heavy (non-hydrogen) atoms. The molecule has 6 heteroatoms. The maximum atomic E-state index is 12.7. The second-order valence-electron chi connectivity index (χ2n) is 4.72. The van der Waals surface area contributed by atoms with Gasteiger partial charge in [0, 0.05) is 25.2 Å². The Kier molecular flexibility index (Phi) is 3.47. The van der Waals surface area contributed by atoms with Gasteiger partial charge in [-0.05, 0) is 18.4 Å². The van der Waals surface area contributed by atoms with Gasteiger partial charge in [-0.25, -0.2) is 4.98 Å². The summed E-state index contributed by atoms with van der Waals surface area (Å²) in [5, 5.41) is 0. The predicted molar refractivity (Wildman–Crippen MR) is 63.1 cm³/mol. The van der Waals surface area contributed by atoms with Gasteiger partial charge >= 0.3 is 6.18 Å². The van der Waals surface area contributed by atoms with E-state index in [2.05, 4.69) is 11.9 Å². The van der Waals surface area contributed by atoms with E-state index >= 15 is 0 Å². The predicted octanol–water partition coefficient (Wildman–Crippen LogP) is 2.41. The molecule has 0 amide bonds. The molecule has 100 valence electrons. The van der Waals surface area contributed by atoms with E-state index in [1.807, 2.05) is 4.90 Å². The first kappa shape index (κ1) is 13.1. The van der Waals surface area contributed by atoms with Gasteiger partial charge in [-0.1, -0.05) is 13.0 Å². The molecule has 0 bridgehead atoms. The fourth-order valence-electron chi connectivity index (χ4n) is 2.20. The second-order valence-corrected chi connectivity index (χ2v) is 4.72. The van der Waals surface area contributed by atoms with Crippen LogP contribution in [0.4, 0.5) is 19.0 Å². The number of hydrogen-bond acceptors (Lipinski definition) is 3. The van der Waals surface area contributed by atoms with Crippen molar-refractivity contribution in [3.8, 4) is 0 Å². The Labute approximate surface area is 104 Å². The van der Waals surface area contributed by atoms with Gasteiger partial charge in [-0.15, -0.1) is 0 Å². The van der Waals surface area contributed by atoms with E-state index < -0.39 is 11.9 Å². The van der Waals surface area contributed by atoms with Crippen molar-refractivity contribution in [2.75, 3.05) is 18.0 Å². The van der Waals surface area contributed by atoms with Crippen molar-refractivity contribution in [1.29, 1.82) is 0 Å². The molecule has 0 aliphatic carbocycles. The Morgan fingerprint density at radius 3 is 2.67 bits per heavy atom. The molecule has 0 spiro atoms. The third kappa shape index (κ3) is 2.58. The summed E-state index contributed by atoms with van der Waals surface area (Å²) in [6, 6.07) is 2.42. The number of hydrogen-bond donors (Lipinski definition) is 1. The quantitative estimate of drug-likeness (QED) is 0.886. The van der Waals surface area contributed by atoms with Crippen LogP contribution >= 0.6 is 0 Å². The number of aromatic nitrogens is 1. The topological polar surface area (TPSA) is 42.2 Å². The molecule has 1 unspecified atom stereocenters. The van der Waals surface area contributed by atoms with Crippen LogP contribution in [0.5, 0.6) is 0 Å². The molecule has 1 aromatic rings. The molecular formula is C12H16F3N3. The summed E-state index contributed by atoms with van der Waals surface area (Å²) >= 11 is 0. The monoisotopic (exact) mass is 259 g/mol. The summed E-state index contributed by atoms with van der Waals surface area (Å²) in [5.41, 5.74) is 5.38. The van der Waals surface area contributed by atoms with E-state index in [0.717, 1.165) is 25.6 Å². The van der Waals surface area contributed by atoms with Gasteiger partial charge in [0.05, 0.1) is 0 Å². The molecule has 1 fully saturated rings. The van der Waals surface area contributed by atoms with E-state index in [-0.39, 0.29) is 6.54 Å². The van der Waals surface area contributed by atoms with Crippen LogP contribution in [-0.2, 0) is 12.7 Å². The van der Waals surface area contributed by atoms with E-state index in [1.165, 1.54) is 6.07 Å². The summed E-state index contributed by atoms with van der Waals surface area (Å²) in [4.78, 5) is 5.64. The van der Waals surface area contributed by atoms with Gasteiger partial charge in [-0.3, -0.25) is 0 Å². The van der Waals surface area contributed by atoms with Crippen molar-refractivity contribution in [2.24, 2.45) is 11.7 Å². The highest BCUT2D eigenvalue weighted by atomic mass is 19.4. The molecule has 1 aliphatic rings. The maximum Gasteiger partial charge on any atom is 0.433 e. The number of rotatable bonds is 2. The van der Waals surface area contributed by atoms with Crippen LogP contribution in [0.2, 0.25) is 0 Å². The summed E-state index contributed by atoms with van der Waals surface area (Å²) in [5.74, 6) is 0.864. The zero-order valence-electron chi connectivity index (χ0n) is 10.2. The van der Waals surface area contributed by atoms with E-state index in [9.17, 15) is 13.2 Å². The van der Waals surface area contributed by atoms with Crippen LogP contribution < -0.4 is 10.6 Å². The third-order valence-corrected chi connectivity index (χ3v) is 3.19. The first-order chi connectivity index (χ1) is 8.41. The van der Waals surface area contributed by atoms with Crippen molar-refractivity contribution in [1.82, 2.24) is 4.98 Å². The average molecular weight is 259 g/mol. The minimum Gasteiger partial charge on any atom is -0.356 e. The Hall–Kier alpha value is -1.30. The fourth-order valence-corrected chi connectivity index (χ4v) is 2.20. The van der Waals surface area contributed by atoms with E-state index in [4.69, 9.17) is 5.73 Å². The molecule has 0 aromatic carbocycles. The smallest absolute Gasteiger partial charge is 0.356 e. The van der Waals surface area contributed by atoms with Crippen LogP contribution in [-0.4, -0.2) is 18.1 Å². The van der Waals surface area contributed by atoms with Gasteiger partial charge in [0.15, 0.2) is 0 Å². The highest BCUT2D eigenvalue weighted by Crippen LogP contribution is 2.32. The SMILES string of the molecule is CC1CCN(c2nc(C(F)(F)F)ccc2CN)C1. The number of pyridine rings is 1. The van der Waals surface area contributed by atoms with Gasteiger partial charge in [-0.2, -0.15) is 13.2 Å². The van der Waals surface area contributed by atoms with Gasteiger partial charge in [0.25, 0.3) is 0 Å². The second kappa shape index (κ2) is 4.76. The number of anilines is 1. The van der Waals surface area contributed by atoms with E-state index in [1.54, 1.807) is 0 Å². The normalized spacial score (nSPS) is 20.5. The number of nitrogens with two attached hydrogens (primary N) is 1. The molecule has 2 N–H and O–H groups in total. The molecular weight excluding hydrogens is 243 g/mol. The summed E-state index contributed by atoms with van der Waals surface area (Å²) < 4.78 is 38.0. The zero-order chi connectivity index (χ0) is 13.3. The van der Waals surface area contributed by atoms with Crippen LogP contribution in [0.25, 0.3) is 0 Å². The summed E-state index contributed by atoms with van der Waals surface area (Å²) in [6.07, 6.45) is -3.44. The molecule has 1 aliphatic heterocycles. The molecule has 2 rings (SSSR count). The standard InChI is InChI=1S/C12H16F3N3/c1-8-4-5-18(7-8)11-9(6-16)2-3-10(17-11)12(13,14)15/h2-3,8H,4-7,16H2,1H3. The molecule has 0 saturated carbocycles. The highest BCUT2D eigenvalue weighted by Gasteiger charge is 2.34. The Morgan fingerprint density at radius 1 is 1.44 bits per heavy atom. The van der Waals surface area contributed by atoms with Crippen molar-refractivity contribution in [3.05, 3.63) is 23.4 Å². The number of alkyl halides is 3. The van der Waals surface area contributed by atoms with Gasteiger partial charge in [0.1, 0.15) is 11.5 Å². The lowest BCUT2D eigenvalue weighted by Gasteiger charge is -2.21. The third-order valence-electron chi connectivity index (χ3n) is 3.19. The molecule has 3 nitrogen and oxygen atoms in total. The van der Waals surface area contributed by atoms with Crippen LogP contribution in [0, 0.1) is 5.92 Å². The van der Waals surface area contributed by atoms with Crippen LogP contribution in [0.1, 0.15) is 24.6 Å². The summed E-state index contributed by atoms with van der Waals surface area (Å²) in [7, 11) is 0. The van der Waals surface area contributed by atoms with Crippen molar-refractivity contribution >= 4 is 5.82 Å². The Bertz CT molecular complexity index is 431. The Morgan fingerprint density at radius 2 is 2.17 bits per heavy atom. The largest absolute Gasteiger partial charge is 0.433 e. The number of nitrogens with zero attached hydrogens (tertiary/aromatic N) is 2. The average Bonchev–Trinajstić information content (AvgIpc) is 2.73.